The second-order valence-electron chi connectivity index (χ2n) is 3.89. The van der Waals surface area contributed by atoms with Gasteiger partial charge in [-0.05, 0) is 46.3 Å². The van der Waals surface area contributed by atoms with E-state index in [0.29, 0.717) is 22.6 Å². The maximum atomic E-state index is 13.2. The van der Waals surface area contributed by atoms with Crippen LogP contribution in [0.2, 0.25) is 0 Å². The Morgan fingerprint density at radius 1 is 1.32 bits per heavy atom. The van der Waals surface area contributed by atoms with Crippen LogP contribution < -0.4 is 10.5 Å². The monoisotopic (exact) mass is 323 g/mol. The molecule has 0 fully saturated rings. The second-order valence-corrected chi connectivity index (χ2v) is 4.74. The molecule has 2 aromatic rings. The van der Waals surface area contributed by atoms with Crippen LogP contribution in [0.5, 0.6) is 5.75 Å². The van der Waals surface area contributed by atoms with Gasteiger partial charge in [0.05, 0.1) is 22.8 Å². The summed E-state index contributed by atoms with van der Waals surface area (Å²) >= 11 is 3.05. The molecule has 98 valence electrons. The van der Waals surface area contributed by atoms with E-state index < -0.39 is 5.82 Å². The molecule has 0 spiro atoms. The number of ketones is 1. The van der Waals surface area contributed by atoms with Gasteiger partial charge in [-0.3, -0.25) is 4.79 Å². The van der Waals surface area contributed by atoms with Crippen LogP contribution in [0.15, 0.2) is 40.9 Å². The molecule has 0 aliphatic heterocycles. The van der Waals surface area contributed by atoms with E-state index in [1.165, 1.54) is 25.3 Å². The molecule has 0 aliphatic carbocycles. The zero-order chi connectivity index (χ0) is 14.0. The number of para-hydroxylation sites is 1. The Balaban J connectivity index is 2.50. The van der Waals surface area contributed by atoms with Crippen molar-refractivity contribution in [2.75, 3.05) is 12.8 Å². The number of carbonyl (C=O) groups excluding carboxylic acids is 1. The number of rotatable bonds is 3. The average Bonchev–Trinajstić information content (AvgIpc) is 2.40. The Labute approximate surface area is 118 Å². The van der Waals surface area contributed by atoms with Gasteiger partial charge in [0, 0.05) is 5.56 Å². The fourth-order valence-electron chi connectivity index (χ4n) is 1.75. The molecule has 0 atom stereocenters. The Bertz CT molecular complexity index is 643. The lowest BCUT2D eigenvalue weighted by Crippen LogP contribution is -2.06. The first-order valence-corrected chi connectivity index (χ1v) is 6.26. The van der Waals surface area contributed by atoms with Gasteiger partial charge in [0.15, 0.2) is 11.5 Å². The summed E-state index contributed by atoms with van der Waals surface area (Å²) in [4.78, 5) is 12.4. The van der Waals surface area contributed by atoms with Crippen LogP contribution in [0, 0.1) is 5.82 Å². The molecule has 19 heavy (non-hydrogen) atoms. The normalized spacial score (nSPS) is 10.3. The Morgan fingerprint density at radius 2 is 2.05 bits per heavy atom. The van der Waals surface area contributed by atoms with Crippen LogP contribution >= 0.6 is 15.9 Å². The predicted octanol–water partition coefficient (Wildman–Crippen LogP) is 3.41. The quantitative estimate of drug-likeness (QED) is 0.695. The zero-order valence-corrected chi connectivity index (χ0v) is 11.7. The molecule has 0 bridgehead atoms. The molecule has 0 saturated carbocycles. The second kappa shape index (κ2) is 5.40. The third-order valence-corrected chi connectivity index (χ3v) is 3.28. The van der Waals surface area contributed by atoms with E-state index in [0.717, 1.165) is 0 Å². The Kier molecular flexibility index (Phi) is 3.85. The van der Waals surface area contributed by atoms with E-state index in [-0.39, 0.29) is 10.3 Å². The number of anilines is 1. The Morgan fingerprint density at radius 3 is 2.68 bits per heavy atom. The summed E-state index contributed by atoms with van der Waals surface area (Å²) < 4.78 is 18.5. The molecule has 0 amide bonds. The summed E-state index contributed by atoms with van der Waals surface area (Å²) in [7, 11) is 1.45. The largest absolute Gasteiger partial charge is 0.494 e. The van der Waals surface area contributed by atoms with Crippen molar-refractivity contribution in [3.8, 4) is 5.75 Å². The maximum absolute atomic E-state index is 13.2. The van der Waals surface area contributed by atoms with Crippen molar-refractivity contribution >= 4 is 27.4 Å². The number of nitrogens with two attached hydrogens (primary N) is 1. The lowest BCUT2D eigenvalue weighted by atomic mass is 10.0. The molecule has 0 aliphatic rings. The first kappa shape index (κ1) is 13.5. The fourth-order valence-corrected chi connectivity index (χ4v) is 2.13. The smallest absolute Gasteiger partial charge is 0.196 e. The van der Waals surface area contributed by atoms with Gasteiger partial charge in [0.1, 0.15) is 5.82 Å². The van der Waals surface area contributed by atoms with E-state index in [4.69, 9.17) is 10.5 Å². The van der Waals surface area contributed by atoms with Gasteiger partial charge >= 0.3 is 0 Å². The van der Waals surface area contributed by atoms with Gasteiger partial charge in [-0.25, -0.2) is 4.39 Å². The van der Waals surface area contributed by atoms with Crippen LogP contribution in [0.3, 0.4) is 0 Å². The highest BCUT2D eigenvalue weighted by Gasteiger charge is 2.17. The van der Waals surface area contributed by atoms with Crippen molar-refractivity contribution in [2.45, 2.75) is 0 Å². The topological polar surface area (TPSA) is 52.3 Å². The van der Waals surface area contributed by atoms with Crippen molar-refractivity contribution in [1.82, 2.24) is 0 Å². The van der Waals surface area contributed by atoms with Gasteiger partial charge in [-0.2, -0.15) is 0 Å². The van der Waals surface area contributed by atoms with E-state index in [1.54, 1.807) is 18.2 Å². The minimum Gasteiger partial charge on any atom is -0.494 e. The highest BCUT2D eigenvalue weighted by molar-refractivity contribution is 9.10. The number of carbonyl (C=O) groups is 1. The number of halogens is 2. The molecule has 5 heteroatoms. The summed E-state index contributed by atoms with van der Waals surface area (Å²) in [6.07, 6.45) is 0. The third kappa shape index (κ3) is 2.61. The van der Waals surface area contributed by atoms with Gasteiger partial charge in [0.2, 0.25) is 0 Å². The molecule has 0 saturated heterocycles. The molecular formula is C14H11BrFNO2. The van der Waals surface area contributed by atoms with Crippen molar-refractivity contribution in [3.63, 3.8) is 0 Å². The molecule has 3 nitrogen and oxygen atoms in total. The number of hydrogen-bond acceptors (Lipinski definition) is 3. The lowest BCUT2D eigenvalue weighted by molar-refractivity contribution is 0.103. The van der Waals surface area contributed by atoms with Crippen molar-refractivity contribution < 1.29 is 13.9 Å². The zero-order valence-electron chi connectivity index (χ0n) is 10.1. The van der Waals surface area contributed by atoms with E-state index in [2.05, 4.69) is 15.9 Å². The van der Waals surface area contributed by atoms with Crippen molar-refractivity contribution in [3.05, 3.63) is 57.8 Å². The van der Waals surface area contributed by atoms with Crippen LogP contribution in [-0.4, -0.2) is 12.9 Å². The maximum Gasteiger partial charge on any atom is 0.196 e. The predicted molar refractivity (Wildman–Crippen MR) is 74.9 cm³/mol. The first-order valence-electron chi connectivity index (χ1n) is 5.47. The summed E-state index contributed by atoms with van der Waals surface area (Å²) in [5.41, 5.74) is 6.85. The SMILES string of the molecule is COc1c(N)cccc1C(=O)c1ccc(F)c(Br)c1. The van der Waals surface area contributed by atoms with E-state index in [1.807, 2.05) is 0 Å². The van der Waals surface area contributed by atoms with E-state index in [9.17, 15) is 9.18 Å². The standard InChI is InChI=1S/C14H11BrFNO2/c1-19-14-9(3-2-4-12(14)17)13(18)8-5-6-11(16)10(15)7-8/h2-7H,17H2,1H3. The first-order chi connectivity index (χ1) is 9.04. The third-order valence-electron chi connectivity index (χ3n) is 2.68. The lowest BCUT2D eigenvalue weighted by Gasteiger charge is -2.10. The molecule has 0 heterocycles. The van der Waals surface area contributed by atoms with E-state index >= 15 is 0 Å². The van der Waals surface area contributed by atoms with Gasteiger partial charge < -0.3 is 10.5 Å². The number of hydrogen-bond donors (Lipinski definition) is 1. The summed E-state index contributed by atoms with van der Waals surface area (Å²) in [6.45, 7) is 0. The molecule has 0 radical (unpaired) electrons. The highest BCUT2D eigenvalue weighted by Crippen LogP contribution is 2.28. The number of benzene rings is 2. The fraction of sp³-hybridized carbons (Fsp3) is 0.0714. The van der Waals surface area contributed by atoms with Crippen LogP contribution in [0.25, 0.3) is 0 Å². The summed E-state index contributed by atoms with van der Waals surface area (Å²) in [5, 5.41) is 0. The molecule has 2 rings (SSSR count). The van der Waals surface area contributed by atoms with Crippen LogP contribution in [0.1, 0.15) is 15.9 Å². The Hall–Kier alpha value is -1.88. The summed E-state index contributed by atoms with van der Waals surface area (Å²) in [5.74, 6) is -0.367. The average molecular weight is 324 g/mol. The van der Waals surface area contributed by atoms with Crippen LogP contribution in [-0.2, 0) is 0 Å². The molecule has 2 aromatic carbocycles. The van der Waals surface area contributed by atoms with Gasteiger partial charge in [0.25, 0.3) is 0 Å². The number of methoxy groups -OCH3 is 1. The van der Waals surface area contributed by atoms with Gasteiger partial charge in [-0.1, -0.05) is 6.07 Å². The van der Waals surface area contributed by atoms with Crippen LogP contribution in [0.4, 0.5) is 10.1 Å². The summed E-state index contributed by atoms with van der Waals surface area (Å²) in [6, 6.07) is 9.02. The highest BCUT2D eigenvalue weighted by atomic mass is 79.9. The minimum absolute atomic E-state index is 0.237. The number of ether oxygens (including phenoxy) is 1. The number of nitrogen functional groups attached to an aromatic ring is 1. The minimum atomic E-state index is -0.420. The molecule has 0 aromatic heterocycles. The molecular weight excluding hydrogens is 313 g/mol. The van der Waals surface area contributed by atoms with Crippen molar-refractivity contribution in [2.24, 2.45) is 0 Å². The van der Waals surface area contributed by atoms with Crippen molar-refractivity contribution in [1.29, 1.82) is 0 Å². The molecule has 2 N–H and O–H groups in total. The molecule has 0 unspecified atom stereocenters. The van der Waals surface area contributed by atoms with Gasteiger partial charge in [-0.15, -0.1) is 0 Å².